The summed E-state index contributed by atoms with van der Waals surface area (Å²) in [7, 11) is -4.23. The number of anilines is 1. The zero-order valence-corrected chi connectivity index (χ0v) is 29.1. The van der Waals surface area contributed by atoms with Gasteiger partial charge in [-0.3, -0.25) is 13.9 Å². The molecule has 4 aromatic rings. The number of rotatable bonds is 14. The molecule has 2 amide bonds. The molecule has 0 saturated heterocycles. The second-order valence-corrected chi connectivity index (χ2v) is 14.1. The summed E-state index contributed by atoms with van der Waals surface area (Å²) in [5.74, 6) is -0.346. The predicted octanol–water partition coefficient (Wildman–Crippen LogP) is 6.86. The van der Waals surface area contributed by atoms with Crippen molar-refractivity contribution in [1.29, 1.82) is 0 Å². The Morgan fingerprint density at radius 3 is 2.15 bits per heavy atom. The molecule has 0 saturated carbocycles. The first kappa shape index (κ1) is 35.0. The van der Waals surface area contributed by atoms with Crippen LogP contribution < -0.4 is 14.4 Å². The van der Waals surface area contributed by atoms with Gasteiger partial charge in [0.15, 0.2) is 0 Å². The Kier molecular flexibility index (Phi) is 12.3. The number of ether oxygens (including phenoxy) is 1. The lowest BCUT2D eigenvalue weighted by atomic mass is 10.0. The van der Waals surface area contributed by atoms with Gasteiger partial charge in [-0.1, -0.05) is 70.0 Å². The van der Waals surface area contributed by atoms with Crippen LogP contribution in [0.15, 0.2) is 112 Å². The minimum Gasteiger partial charge on any atom is -0.494 e. The second kappa shape index (κ2) is 16.1. The van der Waals surface area contributed by atoms with Gasteiger partial charge < -0.3 is 15.0 Å². The highest BCUT2D eigenvalue weighted by Crippen LogP contribution is 2.28. The van der Waals surface area contributed by atoms with Gasteiger partial charge in [-0.15, -0.1) is 0 Å². The third-order valence-electron chi connectivity index (χ3n) is 7.06. The number of amides is 2. The normalized spacial score (nSPS) is 12.0. The van der Waals surface area contributed by atoms with E-state index in [2.05, 4.69) is 21.2 Å². The summed E-state index contributed by atoms with van der Waals surface area (Å²) < 4.78 is 35.7. The third-order valence-corrected chi connectivity index (χ3v) is 9.61. The van der Waals surface area contributed by atoms with Gasteiger partial charge in [-0.05, 0) is 92.6 Å². The molecule has 0 aromatic heterocycles. The molecule has 4 aromatic carbocycles. The molecule has 242 valence electrons. The van der Waals surface area contributed by atoms with Crippen molar-refractivity contribution in [2.45, 2.75) is 50.7 Å². The average molecular weight is 727 g/mol. The molecule has 46 heavy (non-hydrogen) atoms. The fourth-order valence-corrected chi connectivity index (χ4v) is 6.80. The van der Waals surface area contributed by atoms with Gasteiger partial charge in [0.25, 0.3) is 10.0 Å². The summed E-state index contributed by atoms with van der Waals surface area (Å²) in [6.07, 6.45) is 0.216. The number of carbonyl (C=O) groups excluding carboxylic acids is 2. The Hall–Kier alpha value is -3.86. The highest BCUT2D eigenvalue weighted by molar-refractivity contribution is 9.10. The Balaban J connectivity index is 1.80. The molecule has 0 radical (unpaired) electrons. The summed E-state index contributed by atoms with van der Waals surface area (Å²) >= 11 is 9.66. The summed E-state index contributed by atoms with van der Waals surface area (Å²) in [6, 6.07) is 28.0. The van der Waals surface area contributed by atoms with Crippen molar-refractivity contribution in [2.75, 3.05) is 17.5 Å². The number of benzene rings is 4. The van der Waals surface area contributed by atoms with Gasteiger partial charge in [-0.2, -0.15) is 0 Å². The molecule has 0 aliphatic rings. The molecule has 0 aliphatic carbocycles. The molecule has 0 aliphatic heterocycles. The van der Waals surface area contributed by atoms with E-state index in [4.69, 9.17) is 16.3 Å². The molecule has 0 fully saturated rings. The van der Waals surface area contributed by atoms with Gasteiger partial charge in [0.2, 0.25) is 11.8 Å². The first-order valence-corrected chi connectivity index (χ1v) is 17.5. The van der Waals surface area contributed by atoms with E-state index in [9.17, 15) is 18.0 Å². The minimum absolute atomic E-state index is 0.0113. The number of nitrogens with zero attached hydrogens (tertiary/aromatic N) is 2. The largest absolute Gasteiger partial charge is 0.494 e. The number of sulfonamides is 1. The maximum absolute atomic E-state index is 14.5. The zero-order valence-electron chi connectivity index (χ0n) is 25.9. The van der Waals surface area contributed by atoms with E-state index in [1.54, 1.807) is 54.6 Å². The Labute approximate surface area is 284 Å². The Morgan fingerprint density at radius 1 is 0.891 bits per heavy atom. The van der Waals surface area contributed by atoms with E-state index in [0.717, 1.165) is 9.87 Å². The summed E-state index contributed by atoms with van der Waals surface area (Å²) in [6.45, 7) is 5.45. The van der Waals surface area contributed by atoms with Crippen molar-refractivity contribution in [3.05, 3.63) is 124 Å². The highest BCUT2D eigenvalue weighted by atomic mass is 79.9. The first-order valence-electron chi connectivity index (χ1n) is 14.9. The lowest BCUT2D eigenvalue weighted by Gasteiger charge is -2.34. The standard InChI is InChI=1S/C35H37BrClN3O5S/c1-4-45-31-17-15-30(16-18-31)40(46(43,44)32-19-13-28(36)14-20-32)24-34(41)39(23-27-11-8-12-29(37)21-27)33(35(42)38-25(2)3)22-26-9-6-5-7-10-26/h5-21,25,33H,4,22-24H2,1-3H3,(H,38,42)/t33-/m0/s1. The molecule has 4 rings (SSSR count). The minimum atomic E-state index is -4.23. The lowest BCUT2D eigenvalue weighted by Crippen LogP contribution is -2.54. The van der Waals surface area contributed by atoms with Crippen LogP contribution in [0.4, 0.5) is 5.69 Å². The molecule has 0 bridgehead atoms. The van der Waals surface area contributed by atoms with Crippen LogP contribution in [0.3, 0.4) is 0 Å². The molecular formula is C35H37BrClN3O5S. The van der Waals surface area contributed by atoms with E-state index >= 15 is 0 Å². The van der Waals surface area contributed by atoms with Crippen molar-refractivity contribution in [3.63, 3.8) is 0 Å². The van der Waals surface area contributed by atoms with Crippen LogP contribution in [0.5, 0.6) is 5.75 Å². The van der Waals surface area contributed by atoms with Crippen molar-refractivity contribution >= 4 is 55.1 Å². The molecule has 0 heterocycles. The van der Waals surface area contributed by atoms with Gasteiger partial charge in [0.1, 0.15) is 18.3 Å². The number of hydrogen-bond donors (Lipinski definition) is 1. The molecule has 1 N–H and O–H groups in total. The van der Waals surface area contributed by atoms with Crippen molar-refractivity contribution < 1.29 is 22.7 Å². The van der Waals surface area contributed by atoms with Crippen LogP contribution >= 0.6 is 27.5 Å². The quantitative estimate of drug-likeness (QED) is 0.153. The molecular weight excluding hydrogens is 690 g/mol. The van der Waals surface area contributed by atoms with Crippen molar-refractivity contribution in [3.8, 4) is 5.75 Å². The molecule has 0 spiro atoms. The predicted molar refractivity (Wildman–Crippen MR) is 185 cm³/mol. The van der Waals surface area contributed by atoms with Gasteiger partial charge >= 0.3 is 0 Å². The second-order valence-electron chi connectivity index (χ2n) is 10.9. The number of halogens is 2. The number of carbonyl (C=O) groups is 2. The smallest absolute Gasteiger partial charge is 0.264 e. The summed E-state index contributed by atoms with van der Waals surface area (Å²) in [5.41, 5.74) is 1.81. The number of hydrogen-bond acceptors (Lipinski definition) is 5. The maximum Gasteiger partial charge on any atom is 0.264 e. The topological polar surface area (TPSA) is 96.0 Å². The lowest BCUT2D eigenvalue weighted by molar-refractivity contribution is -0.140. The van der Waals surface area contributed by atoms with Crippen LogP contribution in [0.25, 0.3) is 0 Å². The molecule has 1 atom stereocenters. The third kappa shape index (κ3) is 9.34. The monoisotopic (exact) mass is 725 g/mol. The molecule has 0 unspecified atom stereocenters. The van der Waals surface area contributed by atoms with Crippen LogP contribution in [0.2, 0.25) is 5.02 Å². The molecule has 11 heteroatoms. The van der Waals surface area contributed by atoms with Crippen LogP contribution in [-0.4, -0.2) is 50.4 Å². The van der Waals surface area contributed by atoms with Crippen molar-refractivity contribution in [1.82, 2.24) is 10.2 Å². The summed E-state index contributed by atoms with van der Waals surface area (Å²) in [4.78, 5) is 29.7. The van der Waals surface area contributed by atoms with Crippen LogP contribution in [0.1, 0.15) is 31.9 Å². The average Bonchev–Trinajstić information content (AvgIpc) is 3.02. The Morgan fingerprint density at radius 2 is 1.54 bits per heavy atom. The van der Waals surface area contributed by atoms with Crippen LogP contribution in [0, 0.1) is 0 Å². The highest BCUT2D eigenvalue weighted by Gasteiger charge is 2.35. The van der Waals surface area contributed by atoms with Crippen molar-refractivity contribution in [2.24, 2.45) is 0 Å². The van der Waals surface area contributed by atoms with E-state index in [-0.39, 0.29) is 35.5 Å². The molecule has 8 nitrogen and oxygen atoms in total. The zero-order chi connectivity index (χ0) is 33.3. The van der Waals surface area contributed by atoms with E-state index in [1.165, 1.54) is 17.0 Å². The van der Waals surface area contributed by atoms with E-state index in [0.29, 0.717) is 27.4 Å². The van der Waals surface area contributed by atoms with E-state index in [1.807, 2.05) is 57.2 Å². The fourth-order valence-electron chi connectivity index (χ4n) is 4.90. The van der Waals surface area contributed by atoms with Gasteiger partial charge in [0.05, 0.1) is 17.2 Å². The Bertz CT molecular complexity index is 1720. The SMILES string of the molecule is CCOc1ccc(N(CC(=O)N(Cc2cccc(Cl)c2)[C@@H](Cc2ccccc2)C(=O)NC(C)C)S(=O)(=O)c2ccc(Br)cc2)cc1. The van der Waals surface area contributed by atoms with Crippen LogP contribution in [-0.2, 0) is 32.6 Å². The number of nitrogens with one attached hydrogen (secondary N) is 1. The van der Waals surface area contributed by atoms with E-state index < -0.39 is 28.5 Å². The maximum atomic E-state index is 14.5. The fraction of sp³-hybridized carbons (Fsp3) is 0.257. The summed E-state index contributed by atoms with van der Waals surface area (Å²) in [5, 5.41) is 3.43. The van der Waals surface area contributed by atoms with Gasteiger partial charge in [0, 0.05) is 28.5 Å². The van der Waals surface area contributed by atoms with Gasteiger partial charge in [-0.25, -0.2) is 8.42 Å². The first-order chi connectivity index (χ1) is 22.0.